The molecule has 0 fully saturated rings. The van der Waals surface area contributed by atoms with Gasteiger partial charge in [-0.2, -0.15) is 0 Å². The molecule has 0 amide bonds. The largest absolute Gasteiger partial charge is 0.464 e. The van der Waals surface area contributed by atoms with Crippen LogP contribution in [-0.4, -0.2) is 33.8 Å². The maximum absolute atomic E-state index is 11.9. The van der Waals surface area contributed by atoms with Crippen molar-refractivity contribution in [2.24, 2.45) is 4.99 Å². The smallest absolute Gasteiger partial charge is 0.334 e. The van der Waals surface area contributed by atoms with E-state index in [2.05, 4.69) is 4.99 Å². The number of carbonyl (C=O) groups excluding carboxylic acids is 1. The van der Waals surface area contributed by atoms with E-state index < -0.39 is 16.4 Å². The molecule has 1 aliphatic rings. The number of benzene rings is 1. The lowest BCUT2D eigenvalue weighted by Crippen LogP contribution is -2.35. The molecule has 8 heteroatoms. The van der Waals surface area contributed by atoms with Gasteiger partial charge in [0.05, 0.1) is 16.6 Å². The maximum Gasteiger partial charge on any atom is 0.334 e. The van der Waals surface area contributed by atoms with Crippen molar-refractivity contribution in [3.63, 3.8) is 0 Å². The predicted octanol–water partition coefficient (Wildman–Crippen LogP) is 3.06. The van der Waals surface area contributed by atoms with E-state index in [1.165, 1.54) is 23.9 Å². The molecule has 21 heavy (non-hydrogen) atoms. The standard InChI is InChI=1S/C13H13ClN2O4S/c1-3-20-12(17)13(2)7-21-11(15-13)8-4-5-9(14)10(6-8)16(18)19/h4-6H,3,7H2,1-2H3. The number of nitro groups is 1. The molecule has 6 nitrogen and oxygen atoms in total. The molecule has 0 N–H and O–H groups in total. The van der Waals surface area contributed by atoms with Gasteiger partial charge in [0, 0.05) is 17.4 Å². The van der Waals surface area contributed by atoms with Crippen LogP contribution in [0.1, 0.15) is 19.4 Å². The number of aliphatic imine (C=N–C) groups is 1. The Morgan fingerprint density at radius 3 is 2.95 bits per heavy atom. The second-order valence-corrected chi connectivity index (χ2v) is 5.99. The van der Waals surface area contributed by atoms with Crippen LogP contribution in [0.3, 0.4) is 0 Å². The third-order valence-corrected chi connectivity index (χ3v) is 4.57. The molecule has 1 aliphatic heterocycles. The number of esters is 1. The second kappa shape index (κ2) is 6.03. The quantitative estimate of drug-likeness (QED) is 0.482. The zero-order chi connectivity index (χ0) is 15.6. The first-order chi connectivity index (χ1) is 9.87. The van der Waals surface area contributed by atoms with Gasteiger partial charge in [-0.15, -0.1) is 11.8 Å². The van der Waals surface area contributed by atoms with Crippen molar-refractivity contribution in [3.8, 4) is 0 Å². The lowest BCUT2D eigenvalue weighted by atomic mass is 10.1. The fourth-order valence-electron chi connectivity index (χ4n) is 1.82. The highest BCUT2D eigenvalue weighted by atomic mass is 35.5. The van der Waals surface area contributed by atoms with E-state index in [-0.39, 0.29) is 17.3 Å². The van der Waals surface area contributed by atoms with Crippen molar-refractivity contribution in [1.82, 2.24) is 0 Å². The summed E-state index contributed by atoms with van der Waals surface area (Å²) in [6.45, 7) is 3.71. The van der Waals surface area contributed by atoms with Gasteiger partial charge < -0.3 is 4.74 Å². The summed E-state index contributed by atoms with van der Waals surface area (Å²) in [6.07, 6.45) is 0. The Bertz CT molecular complexity index is 635. The van der Waals surface area contributed by atoms with Crippen LogP contribution in [0.4, 0.5) is 5.69 Å². The van der Waals surface area contributed by atoms with Crippen molar-refractivity contribution < 1.29 is 14.5 Å². The van der Waals surface area contributed by atoms with Crippen LogP contribution < -0.4 is 0 Å². The summed E-state index contributed by atoms with van der Waals surface area (Å²) in [6, 6.07) is 4.47. The minimum atomic E-state index is -0.954. The number of nitrogens with zero attached hydrogens (tertiary/aromatic N) is 2. The van der Waals surface area contributed by atoms with Crippen molar-refractivity contribution in [3.05, 3.63) is 38.9 Å². The highest BCUT2D eigenvalue weighted by Gasteiger charge is 2.40. The SMILES string of the molecule is CCOC(=O)C1(C)CSC(c2ccc(Cl)c([N+](=O)[O-])c2)=N1. The van der Waals surface area contributed by atoms with Crippen LogP contribution in [0.25, 0.3) is 0 Å². The van der Waals surface area contributed by atoms with Gasteiger partial charge >= 0.3 is 5.97 Å². The highest BCUT2D eigenvalue weighted by Crippen LogP contribution is 2.34. The highest BCUT2D eigenvalue weighted by molar-refractivity contribution is 8.14. The fraction of sp³-hybridized carbons (Fsp3) is 0.385. The number of carbonyl (C=O) groups is 1. The summed E-state index contributed by atoms with van der Waals surface area (Å²) < 4.78 is 5.01. The van der Waals surface area contributed by atoms with Gasteiger partial charge in [-0.05, 0) is 19.9 Å². The lowest BCUT2D eigenvalue weighted by molar-refractivity contribution is -0.384. The average molecular weight is 329 g/mol. The molecule has 1 heterocycles. The minimum Gasteiger partial charge on any atom is -0.464 e. The molecule has 1 atom stereocenters. The van der Waals surface area contributed by atoms with Crippen molar-refractivity contribution >= 4 is 40.1 Å². The minimum absolute atomic E-state index is 0.0699. The van der Waals surface area contributed by atoms with E-state index in [0.29, 0.717) is 16.4 Å². The number of hydrogen-bond acceptors (Lipinski definition) is 6. The molecule has 0 aromatic heterocycles. The Hall–Kier alpha value is -1.60. The van der Waals surface area contributed by atoms with Crippen LogP contribution in [0, 0.1) is 10.1 Å². The molecular formula is C13H13ClN2O4S. The summed E-state index contributed by atoms with van der Waals surface area (Å²) in [7, 11) is 0. The number of hydrogen-bond donors (Lipinski definition) is 0. The van der Waals surface area contributed by atoms with E-state index in [4.69, 9.17) is 16.3 Å². The molecule has 0 saturated heterocycles. The number of thioether (sulfide) groups is 1. The normalized spacial score (nSPS) is 21.0. The van der Waals surface area contributed by atoms with Gasteiger partial charge in [-0.1, -0.05) is 17.7 Å². The van der Waals surface area contributed by atoms with E-state index in [9.17, 15) is 14.9 Å². The third kappa shape index (κ3) is 3.19. The average Bonchev–Trinajstić information content (AvgIpc) is 2.83. The van der Waals surface area contributed by atoms with Crippen molar-refractivity contribution in [2.45, 2.75) is 19.4 Å². The molecule has 0 bridgehead atoms. The summed E-state index contributed by atoms with van der Waals surface area (Å²) in [5.74, 6) is 0.0494. The van der Waals surface area contributed by atoms with E-state index in [0.717, 1.165) is 0 Å². The number of halogens is 1. The first kappa shape index (κ1) is 15.8. The van der Waals surface area contributed by atoms with Gasteiger partial charge in [0.1, 0.15) is 5.02 Å². The maximum atomic E-state index is 11.9. The van der Waals surface area contributed by atoms with Crippen LogP contribution >= 0.6 is 23.4 Å². The first-order valence-electron chi connectivity index (χ1n) is 6.21. The molecule has 1 unspecified atom stereocenters. The Morgan fingerprint density at radius 2 is 2.33 bits per heavy atom. The first-order valence-corrected chi connectivity index (χ1v) is 7.58. The fourth-order valence-corrected chi connectivity index (χ4v) is 3.17. The molecule has 0 saturated carbocycles. The van der Waals surface area contributed by atoms with Gasteiger partial charge in [0.2, 0.25) is 0 Å². The molecule has 1 aromatic carbocycles. The predicted molar refractivity (Wildman–Crippen MR) is 82.1 cm³/mol. The van der Waals surface area contributed by atoms with E-state index in [1.807, 2.05) is 0 Å². The van der Waals surface area contributed by atoms with Gasteiger partial charge in [-0.25, -0.2) is 4.79 Å². The Morgan fingerprint density at radius 1 is 1.62 bits per heavy atom. The molecule has 1 aromatic rings. The topological polar surface area (TPSA) is 81.8 Å². The van der Waals surface area contributed by atoms with E-state index in [1.54, 1.807) is 19.9 Å². The Kier molecular flexibility index (Phi) is 4.53. The van der Waals surface area contributed by atoms with Crippen LogP contribution in [0.5, 0.6) is 0 Å². The van der Waals surface area contributed by atoms with Gasteiger partial charge in [0.25, 0.3) is 5.69 Å². The second-order valence-electron chi connectivity index (χ2n) is 4.62. The van der Waals surface area contributed by atoms with Crippen molar-refractivity contribution in [2.75, 3.05) is 12.4 Å². The Labute approximate surface area is 130 Å². The van der Waals surface area contributed by atoms with Gasteiger partial charge in [0.15, 0.2) is 5.54 Å². The van der Waals surface area contributed by atoms with Gasteiger partial charge in [-0.3, -0.25) is 15.1 Å². The zero-order valence-electron chi connectivity index (χ0n) is 11.5. The summed E-state index contributed by atoms with van der Waals surface area (Å²) in [4.78, 5) is 26.6. The molecular weight excluding hydrogens is 316 g/mol. The molecule has 0 spiro atoms. The molecule has 2 rings (SSSR count). The number of nitro benzene ring substituents is 1. The number of rotatable bonds is 4. The summed E-state index contributed by atoms with van der Waals surface area (Å²) in [5, 5.41) is 11.6. The van der Waals surface area contributed by atoms with Crippen molar-refractivity contribution in [1.29, 1.82) is 0 Å². The molecule has 0 aliphatic carbocycles. The third-order valence-electron chi connectivity index (χ3n) is 2.94. The zero-order valence-corrected chi connectivity index (χ0v) is 13.0. The molecule has 112 valence electrons. The van der Waals surface area contributed by atoms with E-state index >= 15 is 0 Å². The Balaban J connectivity index is 2.34. The van der Waals surface area contributed by atoms with Crippen LogP contribution in [0.15, 0.2) is 23.2 Å². The van der Waals surface area contributed by atoms with Crippen LogP contribution in [0.2, 0.25) is 5.02 Å². The van der Waals surface area contributed by atoms with Crippen LogP contribution in [-0.2, 0) is 9.53 Å². The number of ether oxygens (including phenoxy) is 1. The molecule has 0 radical (unpaired) electrons. The summed E-state index contributed by atoms with van der Waals surface area (Å²) in [5.41, 5.74) is -0.559. The monoisotopic (exact) mass is 328 g/mol. The lowest BCUT2D eigenvalue weighted by Gasteiger charge is -2.16. The summed E-state index contributed by atoms with van der Waals surface area (Å²) >= 11 is 7.15.